The second kappa shape index (κ2) is 5.19. The zero-order valence-electron chi connectivity index (χ0n) is 9.80. The van der Waals surface area contributed by atoms with Gasteiger partial charge in [0, 0.05) is 12.2 Å². The second-order valence-corrected chi connectivity index (χ2v) is 4.63. The number of anilines is 1. The van der Waals surface area contributed by atoms with Crippen LogP contribution in [0.4, 0.5) is 5.69 Å². The van der Waals surface area contributed by atoms with Crippen molar-refractivity contribution in [2.45, 2.75) is 19.4 Å². The number of likely N-dealkylation sites (tertiary alicyclic amines) is 1. The van der Waals surface area contributed by atoms with Crippen molar-refractivity contribution >= 4 is 11.7 Å². The van der Waals surface area contributed by atoms with Gasteiger partial charge in [-0.25, -0.2) is 0 Å². The summed E-state index contributed by atoms with van der Waals surface area (Å²) >= 11 is 0. The minimum Gasteiger partial charge on any atom is -0.481 e. The Hall–Kier alpha value is -1.55. The highest BCUT2D eigenvalue weighted by Crippen LogP contribution is 2.19. The monoisotopic (exact) mass is 234 g/mol. The van der Waals surface area contributed by atoms with Crippen molar-refractivity contribution < 1.29 is 9.90 Å². The topological polar surface area (TPSA) is 66.6 Å². The maximum Gasteiger partial charge on any atom is 0.306 e. The molecule has 1 saturated heterocycles. The minimum absolute atomic E-state index is 0.160. The summed E-state index contributed by atoms with van der Waals surface area (Å²) in [6.07, 6.45) is 1.50. The van der Waals surface area contributed by atoms with Gasteiger partial charge in [-0.2, -0.15) is 0 Å². The molecule has 1 aromatic carbocycles. The lowest BCUT2D eigenvalue weighted by Gasteiger charge is -2.30. The fraction of sp³-hybridized carbons (Fsp3) is 0.462. The molecule has 0 atom stereocenters. The van der Waals surface area contributed by atoms with Crippen LogP contribution in [-0.4, -0.2) is 29.1 Å². The first kappa shape index (κ1) is 11.9. The summed E-state index contributed by atoms with van der Waals surface area (Å²) in [6.45, 7) is 2.56. The third-order valence-corrected chi connectivity index (χ3v) is 3.29. The number of nitrogens with zero attached hydrogens (tertiary/aromatic N) is 1. The van der Waals surface area contributed by atoms with E-state index < -0.39 is 5.97 Å². The molecule has 17 heavy (non-hydrogen) atoms. The Morgan fingerprint density at radius 3 is 2.71 bits per heavy atom. The Morgan fingerprint density at radius 2 is 2.12 bits per heavy atom. The lowest BCUT2D eigenvalue weighted by atomic mass is 9.97. The molecule has 1 aliphatic rings. The smallest absolute Gasteiger partial charge is 0.306 e. The molecule has 0 unspecified atom stereocenters. The predicted octanol–water partition coefficient (Wildman–Crippen LogP) is 1.57. The van der Waals surface area contributed by atoms with Crippen LogP contribution in [0.15, 0.2) is 24.3 Å². The molecule has 0 saturated carbocycles. The number of aliphatic carboxylic acids is 1. The lowest BCUT2D eigenvalue weighted by Crippen LogP contribution is -2.35. The summed E-state index contributed by atoms with van der Waals surface area (Å²) in [5.41, 5.74) is 7.70. The van der Waals surface area contributed by atoms with Crippen molar-refractivity contribution in [3.63, 3.8) is 0 Å². The van der Waals surface area contributed by atoms with E-state index >= 15 is 0 Å². The molecule has 2 rings (SSSR count). The predicted molar refractivity (Wildman–Crippen MR) is 66.5 cm³/mol. The fourth-order valence-electron chi connectivity index (χ4n) is 2.29. The van der Waals surface area contributed by atoms with E-state index in [1.807, 2.05) is 18.2 Å². The Balaban J connectivity index is 1.88. The Bertz CT molecular complexity index is 398. The number of rotatable bonds is 3. The molecule has 1 fully saturated rings. The van der Waals surface area contributed by atoms with E-state index in [0.717, 1.165) is 38.2 Å². The molecular formula is C13H18N2O2. The summed E-state index contributed by atoms with van der Waals surface area (Å²) < 4.78 is 0. The molecule has 1 heterocycles. The van der Waals surface area contributed by atoms with E-state index in [-0.39, 0.29) is 5.92 Å². The van der Waals surface area contributed by atoms with E-state index in [2.05, 4.69) is 11.0 Å². The molecule has 0 radical (unpaired) electrons. The zero-order valence-corrected chi connectivity index (χ0v) is 9.80. The van der Waals surface area contributed by atoms with Crippen molar-refractivity contribution in [2.75, 3.05) is 18.8 Å². The van der Waals surface area contributed by atoms with Crippen LogP contribution in [-0.2, 0) is 11.3 Å². The van der Waals surface area contributed by atoms with Crippen molar-refractivity contribution in [1.82, 2.24) is 4.90 Å². The molecule has 3 N–H and O–H groups in total. The maximum atomic E-state index is 10.8. The molecular weight excluding hydrogens is 216 g/mol. The fourth-order valence-corrected chi connectivity index (χ4v) is 2.29. The Kier molecular flexibility index (Phi) is 3.64. The molecule has 0 spiro atoms. The number of piperidine rings is 1. The van der Waals surface area contributed by atoms with Gasteiger partial charge in [0.05, 0.1) is 5.92 Å². The van der Waals surface area contributed by atoms with Crippen LogP contribution in [0.2, 0.25) is 0 Å². The Morgan fingerprint density at radius 1 is 1.41 bits per heavy atom. The van der Waals surface area contributed by atoms with Gasteiger partial charge in [-0.15, -0.1) is 0 Å². The van der Waals surface area contributed by atoms with Crippen LogP contribution in [0.5, 0.6) is 0 Å². The molecule has 92 valence electrons. The lowest BCUT2D eigenvalue weighted by molar-refractivity contribution is -0.143. The van der Waals surface area contributed by atoms with Crippen molar-refractivity contribution in [3.8, 4) is 0 Å². The van der Waals surface area contributed by atoms with Crippen LogP contribution in [0, 0.1) is 5.92 Å². The average molecular weight is 234 g/mol. The molecule has 4 heteroatoms. The van der Waals surface area contributed by atoms with E-state index in [4.69, 9.17) is 10.8 Å². The van der Waals surface area contributed by atoms with E-state index in [1.54, 1.807) is 0 Å². The standard InChI is InChI=1S/C13H18N2O2/c14-12-3-1-2-10(8-12)9-15-6-4-11(5-7-15)13(16)17/h1-3,8,11H,4-7,9,14H2,(H,16,17). The quantitative estimate of drug-likeness (QED) is 0.779. The van der Waals surface area contributed by atoms with Crippen LogP contribution < -0.4 is 5.73 Å². The third-order valence-electron chi connectivity index (χ3n) is 3.29. The summed E-state index contributed by atoms with van der Waals surface area (Å²) in [5, 5.41) is 8.92. The number of carboxylic acid groups (broad SMARTS) is 1. The van der Waals surface area contributed by atoms with Crippen molar-refractivity contribution in [2.24, 2.45) is 5.92 Å². The van der Waals surface area contributed by atoms with Gasteiger partial charge in [0.2, 0.25) is 0 Å². The van der Waals surface area contributed by atoms with Crippen LogP contribution in [0.3, 0.4) is 0 Å². The van der Waals surface area contributed by atoms with E-state index in [9.17, 15) is 4.79 Å². The number of nitrogens with two attached hydrogens (primary N) is 1. The summed E-state index contributed by atoms with van der Waals surface area (Å²) in [6, 6.07) is 7.86. The summed E-state index contributed by atoms with van der Waals surface area (Å²) in [5.74, 6) is -0.819. The molecule has 1 aliphatic heterocycles. The van der Waals surface area contributed by atoms with E-state index in [0.29, 0.717) is 0 Å². The number of hydrogen-bond donors (Lipinski definition) is 2. The SMILES string of the molecule is Nc1cccc(CN2CCC(C(=O)O)CC2)c1. The number of carbonyl (C=O) groups is 1. The summed E-state index contributed by atoms with van der Waals surface area (Å²) in [7, 11) is 0. The van der Waals surface area contributed by atoms with Gasteiger partial charge < -0.3 is 10.8 Å². The van der Waals surface area contributed by atoms with Crippen LogP contribution in [0.25, 0.3) is 0 Å². The average Bonchev–Trinajstić information content (AvgIpc) is 2.29. The number of hydrogen-bond acceptors (Lipinski definition) is 3. The van der Waals surface area contributed by atoms with Crippen LogP contribution >= 0.6 is 0 Å². The van der Waals surface area contributed by atoms with Gasteiger partial charge in [0.25, 0.3) is 0 Å². The largest absolute Gasteiger partial charge is 0.481 e. The molecule has 0 bridgehead atoms. The normalized spacial score (nSPS) is 18.1. The molecule has 4 nitrogen and oxygen atoms in total. The highest BCUT2D eigenvalue weighted by atomic mass is 16.4. The first-order valence-corrected chi connectivity index (χ1v) is 5.95. The minimum atomic E-state index is -0.659. The maximum absolute atomic E-state index is 10.8. The number of carboxylic acids is 1. The summed E-state index contributed by atoms with van der Waals surface area (Å²) in [4.78, 5) is 13.1. The first-order valence-electron chi connectivity index (χ1n) is 5.95. The van der Waals surface area contributed by atoms with Crippen molar-refractivity contribution in [1.29, 1.82) is 0 Å². The van der Waals surface area contributed by atoms with Gasteiger partial charge >= 0.3 is 5.97 Å². The molecule has 0 aliphatic carbocycles. The zero-order chi connectivity index (χ0) is 12.3. The van der Waals surface area contributed by atoms with Gasteiger partial charge in [0.15, 0.2) is 0 Å². The third kappa shape index (κ3) is 3.20. The highest BCUT2D eigenvalue weighted by molar-refractivity contribution is 5.70. The highest BCUT2D eigenvalue weighted by Gasteiger charge is 2.24. The molecule has 0 amide bonds. The number of nitrogen functional groups attached to an aromatic ring is 1. The van der Waals surface area contributed by atoms with Gasteiger partial charge in [0.1, 0.15) is 0 Å². The first-order chi connectivity index (χ1) is 8.15. The van der Waals surface area contributed by atoms with Gasteiger partial charge in [-0.1, -0.05) is 12.1 Å². The number of benzene rings is 1. The van der Waals surface area contributed by atoms with Crippen LogP contribution in [0.1, 0.15) is 18.4 Å². The van der Waals surface area contributed by atoms with E-state index in [1.165, 1.54) is 5.56 Å². The van der Waals surface area contributed by atoms with Gasteiger partial charge in [-0.3, -0.25) is 9.69 Å². The molecule has 0 aromatic heterocycles. The molecule has 1 aromatic rings. The second-order valence-electron chi connectivity index (χ2n) is 4.63. The Labute approximate surface area is 101 Å². The van der Waals surface area contributed by atoms with Gasteiger partial charge in [-0.05, 0) is 43.6 Å². The van der Waals surface area contributed by atoms with Crippen molar-refractivity contribution in [3.05, 3.63) is 29.8 Å².